The van der Waals surface area contributed by atoms with Gasteiger partial charge in [-0.15, -0.1) is 11.3 Å². The Morgan fingerprint density at radius 1 is 1.32 bits per heavy atom. The summed E-state index contributed by atoms with van der Waals surface area (Å²) in [6, 6.07) is 10.2. The summed E-state index contributed by atoms with van der Waals surface area (Å²) in [5.74, 6) is 1.21. The van der Waals surface area contributed by atoms with Crippen LogP contribution in [0.25, 0.3) is 0 Å². The van der Waals surface area contributed by atoms with Crippen LogP contribution >= 0.6 is 11.3 Å². The lowest BCUT2D eigenvalue weighted by molar-refractivity contribution is -0.127. The van der Waals surface area contributed by atoms with Crippen LogP contribution in [0.5, 0.6) is 0 Å². The number of nitrogens with zero attached hydrogens (tertiary/aromatic N) is 4. The molecule has 31 heavy (non-hydrogen) atoms. The lowest BCUT2D eigenvalue weighted by atomic mass is 9.92. The number of carbonyl (C=O) groups is 1. The molecule has 3 aromatic heterocycles. The molecular formula is C24H27N5OS. The number of anilines is 2. The standard InChI is InChI=1S/C24H27N5OS/c1-3-23(30)29-10-6-7-18(16-29)11-21-13-19(12-20-8-4-5-9-25-20)14-22(27-21)28-24-26-15-17(2)31-24/h3-5,8-9,13-15,18H,1,6-7,10-12,16H2,2H3,(H,26,27,28)/t18-/m1/s1. The van der Waals surface area contributed by atoms with E-state index in [0.717, 1.165) is 71.6 Å². The molecule has 0 aliphatic carbocycles. The van der Waals surface area contributed by atoms with Gasteiger partial charge in [0.1, 0.15) is 5.82 Å². The number of likely N-dealkylation sites (tertiary alicyclic amines) is 1. The zero-order valence-corrected chi connectivity index (χ0v) is 18.6. The Labute approximate surface area is 187 Å². The number of hydrogen-bond donors (Lipinski definition) is 1. The van der Waals surface area contributed by atoms with Crippen molar-refractivity contribution in [3.05, 3.63) is 77.2 Å². The zero-order chi connectivity index (χ0) is 21.6. The molecule has 0 bridgehead atoms. The Hall–Kier alpha value is -3.06. The number of aryl methyl sites for hydroxylation is 1. The van der Waals surface area contributed by atoms with Gasteiger partial charge in [0.25, 0.3) is 0 Å². The van der Waals surface area contributed by atoms with Gasteiger partial charge in [-0.05, 0) is 68.0 Å². The molecule has 0 unspecified atom stereocenters. The third-order valence-electron chi connectivity index (χ3n) is 5.41. The van der Waals surface area contributed by atoms with Crippen LogP contribution in [0.4, 0.5) is 10.9 Å². The summed E-state index contributed by atoms with van der Waals surface area (Å²) >= 11 is 1.61. The van der Waals surface area contributed by atoms with Crippen molar-refractivity contribution in [2.75, 3.05) is 18.4 Å². The van der Waals surface area contributed by atoms with Gasteiger partial charge in [-0.25, -0.2) is 9.97 Å². The fourth-order valence-electron chi connectivity index (χ4n) is 4.01. The van der Waals surface area contributed by atoms with E-state index in [-0.39, 0.29) is 5.91 Å². The molecule has 7 heteroatoms. The summed E-state index contributed by atoms with van der Waals surface area (Å²) < 4.78 is 0. The van der Waals surface area contributed by atoms with E-state index < -0.39 is 0 Å². The molecule has 0 saturated carbocycles. The maximum absolute atomic E-state index is 12.1. The molecule has 1 aliphatic rings. The first kappa shape index (κ1) is 21.2. The van der Waals surface area contributed by atoms with Gasteiger partial charge in [-0.3, -0.25) is 9.78 Å². The number of carbonyl (C=O) groups excluding carboxylic acids is 1. The van der Waals surface area contributed by atoms with Gasteiger partial charge in [0.2, 0.25) is 5.91 Å². The van der Waals surface area contributed by atoms with Crippen LogP contribution in [0.3, 0.4) is 0 Å². The highest BCUT2D eigenvalue weighted by Crippen LogP contribution is 2.25. The van der Waals surface area contributed by atoms with Crippen molar-refractivity contribution in [1.29, 1.82) is 0 Å². The van der Waals surface area contributed by atoms with E-state index in [1.165, 1.54) is 6.08 Å². The summed E-state index contributed by atoms with van der Waals surface area (Å²) in [6.07, 6.45) is 8.78. The molecule has 1 N–H and O–H groups in total. The number of amides is 1. The van der Waals surface area contributed by atoms with Gasteiger partial charge >= 0.3 is 0 Å². The summed E-state index contributed by atoms with van der Waals surface area (Å²) in [4.78, 5) is 28.9. The van der Waals surface area contributed by atoms with Gasteiger partial charge in [0.15, 0.2) is 5.13 Å². The van der Waals surface area contributed by atoms with E-state index in [4.69, 9.17) is 4.98 Å². The van der Waals surface area contributed by atoms with E-state index in [0.29, 0.717) is 5.92 Å². The topological polar surface area (TPSA) is 71.0 Å². The van der Waals surface area contributed by atoms with Crippen LogP contribution in [0.2, 0.25) is 0 Å². The van der Waals surface area contributed by atoms with E-state index in [1.807, 2.05) is 42.4 Å². The maximum atomic E-state index is 12.1. The van der Waals surface area contributed by atoms with Gasteiger partial charge in [0.05, 0.1) is 0 Å². The van der Waals surface area contributed by atoms with Crippen LogP contribution in [0.1, 0.15) is 34.7 Å². The van der Waals surface area contributed by atoms with Crippen molar-refractivity contribution in [1.82, 2.24) is 19.9 Å². The van der Waals surface area contributed by atoms with Gasteiger partial charge < -0.3 is 10.2 Å². The van der Waals surface area contributed by atoms with Crippen LogP contribution in [0, 0.1) is 12.8 Å². The number of thiazole rings is 1. The minimum Gasteiger partial charge on any atom is -0.339 e. The Balaban J connectivity index is 1.56. The molecule has 6 nitrogen and oxygen atoms in total. The summed E-state index contributed by atoms with van der Waals surface area (Å²) in [6.45, 7) is 7.23. The monoisotopic (exact) mass is 433 g/mol. The van der Waals surface area contributed by atoms with Crippen LogP contribution in [-0.2, 0) is 17.6 Å². The quantitative estimate of drug-likeness (QED) is 0.554. The van der Waals surface area contributed by atoms with Crippen molar-refractivity contribution >= 4 is 28.2 Å². The van der Waals surface area contributed by atoms with Crippen molar-refractivity contribution in [2.24, 2.45) is 5.92 Å². The second-order valence-corrected chi connectivity index (χ2v) is 9.19. The minimum atomic E-state index is 0.0167. The number of nitrogens with one attached hydrogen (secondary N) is 1. The predicted molar refractivity (Wildman–Crippen MR) is 125 cm³/mol. The Morgan fingerprint density at radius 2 is 2.23 bits per heavy atom. The Kier molecular flexibility index (Phi) is 6.72. The minimum absolute atomic E-state index is 0.0167. The smallest absolute Gasteiger partial charge is 0.245 e. The molecule has 4 heterocycles. The molecule has 4 rings (SSSR count). The SMILES string of the molecule is C=CC(=O)N1CCC[C@H](Cc2cc(Cc3ccccn3)cc(Nc3ncc(C)s3)n2)C1. The molecular weight excluding hydrogens is 406 g/mol. The highest BCUT2D eigenvalue weighted by molar-refractivity contribution is 7.15. The molecule has 0 radical (unpaired) electrons. The number of hydrogen-bond acceptors (Lipinski definition) is 6. The molecule has 160 valence electrons. The zero-order valence-electron chi connectivity index (χ0n) is 17.8. The van der Waals surface area contributed by atoms with Crippen LogP contribution < -0.4 is 5.32 Å². The Morgan fingerprint density at radius 3 is 2.97 bits per heavy atom. The lowest BCUT2D eigenvalue weighted by Crippen LogP contribution is -2.39. The van der Waals surface area contributed by atoms with E-state index in [2.05, 4.69) is 34.0 Å². The summed E-state index contributed by atoms with van der Waals surface area (Å²) in [5, 5.41) is 4.20. The van der Waals surface area contributed by atoms with Gasteiger partial charge in [-0.1, -0.05) is 12.6 Å². The van der Waals surface area contributed by atoms with Gasteiger partial charge in [0, 0.05) is 48.2 Å². The third kappa shape index (κ3) is 5.76. The number of rotatable bonds is 7. The molecule has 1 aliphatic heterocycles. The first-order valence-electron chi connectivity index (χ1n) is 10.6. The largest absolute Gasteiger partial charge is 0.339 e. The molecule has 0 spiro atoms. The van der Waals surface area contributed by atoms with E-state index >= 15 is 0 Å². The molecule has 3 aromatic rings. The van der Waals surface area contributed by atoms with Crippen molar-refractivity contribution in [2.45, 2.75) is 32.6 Å². The molecule has 1 atom stereocenters. The normalized spacial score (nSPS) is 16.2. The highest BCUT2D eigenvalue weighted by Gasteiger charge is 2.23. The highest BCUT2D eigenvalue weighted by atomic mass is 32.1. The third-order valence-corrected chi connectivity index (χ3v) is 6.24. The summed E-state index contributed by atoms with van der Waals surface area (Å²) in [7, 11) is 0. The summed E-state index contributed by atoms with van der Waals surface area (Å²) in [5.41, 5.74) is 3.22. The number of pyridine rings is 2. The number of piperidine rings is 1. The van der Waals surface area contributed by atoms with Crippen molar-refractivity contribution in [3.63, 3.8) is 0 Å². The molecule has 1 saturated heterocycles. The van der Waals surface area contributed by atoms with E-state index in [9.17, 15) is 4.79 Å². The fraction of sp³-hybridized carbons (Fsp3) is 0.333. The first-order chi connectivity index (χ1) is 15.1. The average molecular weight is 434 g/mol. The fourth-order valence-corrected chi connectivity index (χ4v) is 4.68. The van der Waals surface area contributed by atoms with Crippen molar-refractivity contribution in [3.8, 4) is 0 Å². The molecule has 1 amide bonds. The number of aromatic nitrogens is 3. The maximum Gasteiger partial charge on any atom is 0.245 e. The first-order valence-corrected chi connectivity index (χ1v) is 11.4. The Bertz CT molecular complexity index is 1050. The van der Waals surface area contributed by atoms with Crippen molar-refractivity contribution < 1.29 is 4.79 Å². The van der Waals surface area contributed by atoms with Gasteiger partial charge in [-0.2, -0.15) is 0 Å². The average Bonchev–Trinajstić information content (AvgIpc) is 3.18. The molecule has 0 aromatic carbocycles. The van der Waals surface area contributed by atoms with E-state index in [1.54, 1.807) is 11.3 Å². The molecule has 1 fully saturated rings. The van der Waals surface area contributed by atoms with Crippen LogP contribution in [0.15, 0.2) is 55.4 Å². The lowest BCUT2D eigenvalue weighted by Gasteiger charge is -2.32. The van der Waals surface area contributed by atoms with Crippen LogP contribution in [-0.4, -0.2) is 38.8 Å². The second kappa shape index (κ2) is 9.83. The second-order valence-electron chi connectivity index (χ2n) is 7.95. The predicted octanol–water partition coefficient (Wildman–Crippen LogP) is 4.54.